The van der Waals surface area contributed by atoms with E-state index in [-0.39, 0.29) is 18.3 Å². The molecule has 0 aliphatic carbocycles. The maximum Gasteiger partial charge on any atom is 0.275 e. The third-order valence-electron chi connectivity index (χ3n) is 8.27. The van der Waals surface area contributed by atoms with Crippen molar-refractivity contribution in [2.75, 3.05) is 25.5 Å². The largest absolute Gasteiger partial charge is 0.394 e. The maximum absolute atomic E-state index is 13.1. The molecule has 5 rings (SSSR count). The van der Waals surface area contributed by atoms with Crippen LogP contribution in [0.1, 0.15) is 59.9 Å². The molecule has 3 aliphatic heterocycles. The normalized spacial score (nSPS) is 25.0. The molecule has 0 aromatic carbocycles. The Balaban J connectivity index is 1.27. The number of aliphatic hydroxyl groups excluding tert-OH is 1. The van der Waals surface area contributed by atoms with Crippen LogP contribution in [0.2, 0.25) is 0 Å². The average Bonchev–Trinajstić information content (AvgIpc) is 3.11. The summed E-state index contributed by atoms with van der Waals surface area (Å²) in [6, 6.07) is 8.62. The molecule has 3 atom stereocenters. The average molecular weight is 508 g/mol. The Bertz CT molecular complexity index is 1160. The van der Waals surface area contributed by atoms with E-state index in [0.29, 0.717) is 35.3 Å². The van der Waals surface area contributed by atoms with Gasteiger partial charge in [-0.1, -0.05) is 6.07 Å². The lowest BCUT2D eigenvalue weighted by Gasteiger charge is -2.43. The van der Waals surface area contributed by atoms with Crippen LogP contribution in [0.15, 0.2) is 35.6 Å². The number of hydrogen-bond donors (Lipinski definition) is 4. The van der Waals surface area contributed by atoms with E-state index in [1.54, 1.807) is 25.1 Å². The summed E-state index contributed by atoms with van der Waals surface area (Å²) in [4.78, 5) is 27.2. The number of amides is 1. The lowest BCUT2D eigenvalue weighted by Crippen LogP contribution is -2.50. The molecule has 2 aromatic rings. The van der Waals surface area contributed by atoms with Crippen molar-refractivity contribution in [1.82, 2.24) is 24.8 Å². The van der Waals surface area contributed by atoms with E-state index < -0.39 is 6.04 Å². The highest BCUT2D eigenvalue weighted by Gasteiger charge is 2.40. The number of hydrazone groups is 1. The first-order valence-electron chi connectivity index (χ1n) is 13.0. The number of rotatable bonds is 6. The van der Waals surface area contributed by atoms with E-state index in [1.807, 2.05) is 12.3 Å². The highest BCUT2D eigenvalue weighted by atomic mass is 16.3. The van der Waals surface area contributed by atoms with Crippen LogP contribution in [-0.2, 0) is 13.0 Å². The van der Waals surface area contributed by atoms with Gasteiger partial charge in [0.15, 0.2) is 5.84 Å². The Morgan fingerprint density at radius 3 is 2.70 bits per heavy atom. The second-order valence-electron chi connectivity index (χ2n) is 10.5. The van der Waals surface area contributed by atoms with Crippen molar-refractivity contribution in [3.8, 4) is 0 Å². The summed E-state index contributed by atoms with van der Waals surface area (Å²) in [6.45, 7) is 3.46. The Hall–Kier alpha value is -3.12. The Morgan fingerprint density at radius 1 is 1.24 bits per heavy atom. The van der Waals surface area contributed by atoms with Gasteiger partial charge in [-0.05, 0) is 75.4 Å². The Kier molecular flexibility index (Phi) is 7.38. The number of carbonyl (C=O) groups is 1. The molecule has 2 fully saturated rings. The number of carbonyl (C=O) groups excluding carboxylic acids is 1. The fraction of sp³-hybridized carbons (Fsp3) is 0.538. The first-order chi connectivity index (χ1) is 17.9. The van der Waals surface area contributed by atoms with Crippen LogP contribution in [0.3, 0.4) is 0 Å². The molecule has 11 heteroatoms. The lowest BCUT2D eigenvalue weighted by atomic mass is 9.93. The maximum atomic E-state index is 13.1. The number of fused-ring (bicyclic) bond motifs is 3. The van der Waals surface area contributed by atoms with Gasteiger partial charge in [0, 0.05) is 37.4 Å². The summed E-state index contributed by atoms with van der Waals surface area (Å²) in [5.74, 6) is 11.8. The van der Waals surface area contributed by atoms with Gasteiger partial charge in [-0.15, -0.1) is 0 Å². The lowest BCUT2D eigenvalue weighted by molar-refractivity contribution is 0.0674. The van der Waals surface area contributed by atoms with Crippen molar-refractivity contribution in [2.45, 2.75) is 69.7 Å². The summed E-state index contributed by atoms with van der Waals surface area (Å²) in [5, 5.41) is 17.2. The summed E-state index contributed by atoms with van der Waals surface area (Å²) in [5.41, 5.74) is 3.13. The van der Waals surface area contributed by atoms with Crippen molar-refractivity contribution >= 4 is 17.6 Å². The van der Waals surface area contributed by atoms with Gasteiger partial charge in [0.25, 0.3) is 5.91 Å². The fourth-order valence-electron chi connectivity index (χ4n) is 5.95. The monoisotopic (exact) mass is 507 g/mol. The molecule has 11 nitrogen and oxygen atoms in total. The Labute approximate surface area is 217 Å². The molecule has 2 bridgehead atoms. The SMILES string of the molecule is CC(CO)N(N)/C(=N\N)c1cccc(NC(=O)c2cc3c(cn2)CCN(C2CC4CCC(C2)N4C)C3)n1. The summed E-state index contributed by atoms with van der Waals surface area (Å²) < 4.78 is 0. The molecule has 0 radical (unpaired) electrons. The number of aliphatic hydroxyl groups is 1. The van der Waals surface area contributed by atoms with Crippen LogP contribution < -0.4 is 17.0 Å². The van der Waals surface area contributed by atoms with Crippen LogP contribution >= 0.6 is 0 Å². The minimum Gasteiger partial charge on any atom is -0.394 e. The van der Waals surface area contributed by atoms with E-state index in [2.05, 4.69) is 37.2 Å². The topological polar surface area (TPSA) is 149 Å². The number of amidine groups is 1. The minimum absolute atomic E-state index is 0.174. The standard InChI is InChI=1S/C26H37N9O2/c1-16(15-36)35(28)25(32-27)22-4-3-5-24(30-22)31-26(37)23-10-18-14-34(9-8-17(18)13-29-23)21-11-19-6-7-20(12-21)33(19)2/h3-5,10,13,16,19-21,36H,6-9,11-12,14-15,27-28H2,1-2H3,(H,30,31,37)/b32-25-. The summed E-state index contributed by atoms with van der Waals surface area (Å²) in [6.07, 6.45) is 7.88. The molecule has 0 saturated carbocycles. The van der Waals surface area contributed by atoms with Gasteiger partial charge in [0.2, 0.25) is 0 Å². The molecule has 2 aromatic heterocycles. The molecular weight excluding hydrogens is 470 g/mol. The minimum atomic E-state index is -0.411. The van der Waals surface area contributed by atoms with Gasteiger partial charge in [0.1, 0.15) is 17.2 Å². The molecular formula is C26H37N9O2. The molecule has 0 spiro atoms. The van der Waals surface area contributed by atoms with E-state index in [1.165, 1.54) is 41.8 Å². The quantitative estimate of drug-likeness (QED) is 0.193. The summed E-state index contributed by atoms with van der Waals surface area (Å²) in [7, 11) is 2.27. The molecule has 3 unspecified atom stereocenters. The number of pyridine rings is 2. The van der Waals surface area contributed by atoms with Crippen LogP contribution in [-0.4, -0.2) is 86.0 Å². The van der Waals surface area contributed by atoms with Crippen molar-refractivity contribution in [3.63, 3.8) is 0 Å². The number of nitrogens with two attached hydrogens (primary N) is 2. The van der Waals surface area contributed by atoms with Crippen molar-refractivity contribution < 1.29 is 9.90 Å². The predicted octanol–water partition coefficient (Wildman–Crippen LogP) is 0.889. The smallest absolute Gasteiger partial charge is 0.275 e. The van der Waals surface area contributed by atoms with Crippen LogP contribution in [0.25, 0.3) is 0 Å². The van der Waals surface area contributed by atoms with E-state index in [4.69, 9.17) is 11.7 Å². The molecule has 6 N–H and O–H groups in total. The Morgan fingerprint density at radius 2 is 2.00 bits per heavy atom. The fourth-order valence-corrected chi connectivity index (χ4v) is 5.95. The molecule has 198 valence electrons. The van der Waals surface area contributed by atoms with Gasteiger partial charge in [-0.2, -0.15) is 5.10 Å². The van der Waals surface area contributed by atoms with Crippen LogP contribution in [0, 0.1) is 0 Å². The zero-order valence-corrected chi connectivity index (χ0v) is 21.5. The first kappa shape index (κ1) is 25.5. The number of anilines is 1. The van der Waals surface area contributed by atoms with Gasteiger partial charge in [-0.25, -0.2) is 10.8 Å². The van der Waals surface area contributed by atoms with Gasteiger partial charge in [-0.3, -0.25) is 19.7 Å². The second-order valence-corrected chi connectivity index (χ2v) is 10.5. The third kappa shape index (κ3) is 5.17. The number of hydrazine groups is 1. The van der Waals surface area contributed by atoms with Crippen LogP contribution in [0.5, 0.6) is 0 Å². The van der Waals surface area contributed by atoms with Crippen molar-refractivity contribution in [3.05, 3.63) is 53.0 Å². The van der Waals surface area contributed by atoms with Crippen molar-refractivity contribution in [2.24, 2.45) is 16.8 Å². The number of piperidine rings is 1. The van der Waals surface area contributed by atoms with E-state index in [9.17, 15) is 9.90 Å². The van der Waals surface area contributed by atoms with E-state index in [0.717, 1.165) is 19.5 Å². The first-order valence-corrected chi connectivity index (χ1v) is 13.0. The molecule has 5 heterocycles. The van der Waals surface area contributed by atoms with Gasteiger partial charge in [0.05, 0.1) is 12.6 Å². The molecule has 1 amide bonds. The third-order valence-corrected chi connectivity index (χ3v) is 8.27. The summed E-state index contributed by atoms with van der Waals surface area (Å²) >= 11 is 0. The number of aromatic nitrogens is 2. The van der Waals surface area contributed by atoms with Gasteiger partial charge >= 0.3 is 0 Å². The zero-order valence-electron chi connectivity index (χ0n) is 21.5. The molecule has 2 saturated heterocycles. The second kappa shape index (κ2) is 10.7. The molecule has 37 heavy (non-hydrogen) atoms. The highest BCUT2D eigenvalue weighted by molar-refractivity contribution is 6.03. The number of hydrogen-bond acceptors (Lipinski definition) is 9. The highest BCUT2D eigenvalue weighted by Crippen LogP contribution is 2.37. The van der Waals surface area contributed by atoms with E-state index >= 15 is 0 Å². The van der Waals surface area contributed by atoms with Gasteiger partial charge < -0.3 is 21.2 Å². The van der Waals surface area contributed by atoms with Crippen LogP contribution in [0.4, 0.5) is 5.82 Å². The predicted molar refractivity (Wildman–Crippen MR) is 141 cm³/mol. The number of nitrogens with one attached hydrogen (secondary N) is 1. The zero-order chi connectivity index (χ0) is 26.1. The number of nitrogens with zero attached hydrogens (tertiary/aromatic N) is 6. The molecule has 3 aliphatic rings. The van der Waals surface area contributed by atoms with Crippen molar-refractivity contribution in [1.29, 1.82) is 0 Å².